The van der Waals surface area contributed by atoms with E-state index >= 15 is 0 Å². The van der Waals surface area contributed by atoms with Gasteiger partial charge in [0.2, 0.25) is 0 Å². The minimum Gasteiger partial charge on any atom is -0.320 e. The maximum Gasteiger partial charge on any atom is 0.265 e. The predicted molar refractivity (Wildman–Crippen MR) is 74.4 cm³/mol. The number of amides is 1. The summed E-state index contributed by atoms with van der Waals surface area (Å²) < 4.78 is 1.82. The van der Waals surface area contributed by atoms with E-state index in [2.05, 4.69) is 11.4 Å². The number of carbonyl (C=O) groups is 1. The van der Waals surface area contributed by atoms with Crippen LogP contribution < -0.4 is 5.32 Å². The molecule has 3 aromatic rings. The van der Waals surface area contributed by atoms with Gasteiger partial charge in [0.25, 0.3) is 5.91 Å². The molecule has 0 aromatic carbocycles. The Balaban J connectivity index is 2.02. The third-order valence-corrected chi connectivity index (χ3v) is 3.66. The number of fused-ring (bicyclic) bond motifs is 1. The Hall–Kier alpha value is -2.58. The second-order valence-corrected chi connectivity index (χ2v) is 4.90. The molecule has 0 bridgehead atoms. The lowest BCUT2D eigenvalue weighted by Crippen LogP contribution is -2.10. The summed E-state index contributed by atoms with van der Waals surface area (Å²) >= 11 is 1.37. The van der Waals surface area contributed by atoms with Gasteiger partial charge in [-0.05, 0) is 23.6 Å². The smallest absolute Gasteiger partial charge is 0.265 e. The van der Waals surface area contributed by atoms with Gasteiger partial charge in [0.15, 0.2) is 0 Å². The molecule has 0 spiro atoms. The van der Waals surface area contributed by atoms with E-state index in [-0.39, 0.29) is 5.91 Å². The minimum atomic E-state index is -0.192. The molecule has 19 heavy (non-hydrogen) atoms. The van der Waals surface area contributed by atoms with E-state index in [0.717, 1.165) is 5.52 Å². The van der Waals surface area contributed by atoms with Crippen molar-refractivity contribution in [1.29, 1.82) is 5.26 Å². The highest BCUT2D eigenvalue weighted by molar-refractivity contribution is 7.12. The molecular weight excluding hydrogens is 258 g/mol. The van der Waals surface area contributed by atoms with Crippen LogP contribution in [0.25, 0.3) is 5.52 Å². The van der Waals surface area contributed by atoms with Gasteiger partial charge in [-0.25, -0.2) is 0 Å². The van der Waals surface area contributed by atoms with E-state index in [1.807, 2.05) is 40.2 Å². The molecule has 0 aliphatic carbocycles. The van der Waals surface area contributed by atoms with E-state index < -0.39 is 0 Å². The maximum absolute atomic E-state index is 12.0. The Labute approximate surface area is 113 Å². The topological polar surface area (TPSA) is 57.3 Å². The van der Waals surface area contributed by atoms with Crippen LogP contribution in [0.5, 0.6) is 0 Å². The van der Waals surface area contributed by atoms with E-state index in [1.165, 1.54) is 11.3 Å². The molecule has 0 saturated heterocycles. The van der Waals surface area contributed by atoms with Crippen molar-refractivity contribution in [2.75, 3.05) is 5.32 Å². The summed E-state index contributed by atoms with van der Waals surface area (Å²) in [6, 6.07) is 11.3. The van der Waals surface area contributed by atoms with Gasteiger partial charge in [-0.3, -0.25) is 4.79 Å². The summed E-state index contributed by atoms with van der Waals surface area (Å²) in [5, 5.41) is 13.9. The fourth-order valence-corrected chi connectivity index (χ4v) is 2.54. The Morgan fingerprint density at radius 2 is 2.21 bits per heavy atom. The van der Waals surface area contributed by atoms with Crippen molar-refractivity contribution in [2.24, 2.45) is 0 Å². The molecule has 0 aliphatic rings. The number of carbonyl (C=O) groups excluding carboxylic acids is 1. The summed E-state index contributed by atoms with van der Waals surface area (Å²) in [6.07, 6.45) is 3.59. The Morgan fingerprint density at radius 3 is 2.95 bits per heavy atom. The van der Waals surface area contributed by atoms with Gasteiger partial charge in [-0.15, -0.1) is 11.3 Å². The van der Waals surface area contributed by atoms with Crippen LogP contribution >= 0.6 is 11.3 Å². The van der Waals surface area contributed by atoms with E-state index in [4.69, 9.17) is 0 Å². The lowest BCUT2D eigenvalue weighted by molar-refractivity contribution is 0.103. The normalized spacial score (nSPS) is 10.3. The number of aromatic nitrogens is 1. The van der Waals surface area contributed by atoms with Crippen molar-refractivity contribution in [3.63, 3.8) is 0 Å². The summed E-state index contributed by atoms with van der Waals surface area (Å²) in [4.78, 5) is 12.6. The molecule has 0 saturated carbocycles. The first kappa shape index (κ1) is 11.5. The molecule has 1 N–H and O–H groups in total. The summed E-state index contributed by atoms with van der Waals surface area (Å²) in [6.45, 7) is 0. The van der Waals surface area contributed by atoms with Crippen LogP contribution in [-0.2, 0) is 0 Å². The molecule has 0 fully saturated rings. The van der Waals surface area contributed by atoms with Crippen LogP contribution in [0.2, 0.25) is 0 Å². The van der Waals surface area contributed by atoms with Crippen LogP contribution in [-0.4, -0.2) is 10.3 Å². The average molecular weight is 267 g/mol. The third kappa shape index (κ3) is 1.98. The predicted octanol–water partition coefficient (Wildman–Crippen LogP) is 3.12. The fraction of sp³-hybridized carbons (Fsp3) is 0. The van der Waals surface area contributed by atoms with Crippen LogP contribution in [0.3, 0.4) is 0 Å². The maximum atomic E-state index is 12.0. The summed E-state index contributed by atoms with van der Waals surface area (Å²) in [5.41, 5.74) is 1.80. The van der Waals surface area contributed by atoms with Crippen LogP contribution in [0, 0.1) is 11.3 Å². The number of nitrogens with one attached hydrogen (secondary N) is 1. The van der Waals surface area contributed by atoms with E-state index in [0.29, 0.717) is 16.1 Å². The van der Waals surface area contributed by atoms with E-state index in [1.54, 1.807) is 12.3 Å². The number of thiophene rings is 1. The standard InChI is InChI=1S/C14H9N3OS/c15-8-10-11(9-17-6-2-1-4-12(10)17)16-14(18)13-5-3-7-19-13/h1-7,9H,(H,16,18). The molecule has 0 atom stereocenters. The van der Waals surface area contributed by atoms with Gasteiger partial charge in [0.05, 0.1) is 16.1 Å². The Morgan fingerprint density at radius 1 is 1.32 bits per heavy atom. The van der Waals surface area contributed by atoms with Crippen LogP contribution in [0.15, 0.2) is 48.1 Å². The zero-order valence-electron chi connectivity index (χ0n) is 9.83. The Bertz CT molecular complexity index is 781. The largest absolute Gasteiger partial charge is 0.320 e. The van der Waals surface area contributed by atoms with Gasteiger partial charge in [0.1, 0.15) is 11.6 Å². The molecule has 3 aromatic heterocycles. The van der Waals surface area contributed by atoms with Crippen molar-refractivity contribution in [3.8, 4) is 6.07 Å². The van der Waals surface area contributed by atoms with Crippen molar-refractivity contribution >= 4 is 28.4 Å². The molecule has 92 valence electrons. The second-order valence-electron chi connectivity index (χ2n) is 3.95. The summed E-state index contributed by atoms with van der Waals surface area (Å²) in [5.74, 6) is -0.192. The molecule has 5 heteroatoms. The lowest BCUT2D eigenvalue weighted by Gasteiger charge is -2.00. The highest BCUT2D eigenvalue weighted by Gasteiger charge is 2.14. The second kappa shape index (κ2) is 4.59. The van der Waals surface area contributed by atoms with Crippen molar-refractivity contribution in [1.82, 2.24) is 4.40 Å². The van der Waals surface area contributed by atoms with Crippen molar-refractivity contribution in [2.45, 2.75) is 0 Å². The zero-order valence-corrected chi connectivity index (χ0v) is 10.6. The number of pyridine rings is 1. The van der Waals surface area contributed by atoms with E-state index in [9.17, 15) is 10.1 Å². The first-order valence-electron chi connectivity index (χ1n) is 5.64. The molecule has 0 unspecified atom stereocenters. The Kier molecular flexibility index (Phi) is 2.78. The van der Waals surface area contributed by atoms with Crippen molar-refractivity contribution < 1.29 is 4.79 Å². The van der Waals surface area contributed by atoms with Gasteiger partial charge < -0.3 is 9.72 Å². The molecule has 3 rings (SSSR count). The van der Waals surface area contributed by atoms with Gasteiger partial charge in [-0.1, -0.05) is 12.1 Å². The molecule has 3 heterocycles. The molecule has 1 amide bonds. The monoisotopic (exact) mass is 267 g/mol. The van der Waals surface area contributed by atoms with Crippen LogP contribution in [0.4, 0.5) is 5.69 Å². The number of anilines is 1. The highest BCUT2D eigenvalue weighted by Crippen LogP contribution is 2.23. The quantitative estimate of drug-likeness (QED) is 0.775. The molecule has 4 nitrogen and oxygen atoms in total. The zero-order chi connectivity index (χ0) is 13.2. The lowest BCUT2D eigenvalue weighted by atomic mass is 10.2. The average Bonchev–Trinajstić information content (AvgIpc) is 3.05. The van der Waals surface area contributed by atoms with Crippen molar-refractivity contribution in [3.05, 3.63) is 58.5 Å². The fourth-order valence-electron chi connectivity index (χ4n) is 1.93. The third-order valence-electron chi connectivity index (χ3n) is 2.79. The minimum absolute atomic E-state index is 0.192. The highest BCUT2D eigenvalue weighted by atomic mass is 32.1. The summed E-state index contributed by atoms with van der Waals surface area (Å²) in [7, 11) is 0. The molecule has 0 aliphatic heterocycles. The number of rotatable bonds is 2. The van der Waals surface area contributed by atoms with Gasteiger partial charge in [0, 0.05) is 12.4 Å². The number of hydrogen-bond acceptors (Lipinski definition) is 3. The van der Waals surface area contributed by atoms with Gasteiger partial charge in [-0.2, -0.15) is 5.26 Å². The first-order valence-corrected chi connectivity index (χ1v) is 6.52. The van der Waals surface area contributed by atoms with Crippen LogP contribution in [0.1, 0.15) is 15.2 Å². The molecular formula is C14H9N3OS. The first-order chi connectivity index (χ1) is 9.29. The molecule has 0 radical (unpaired) electrons. The number of nitriles is 1. The number of nitrogens with zero attached hydrogens (tertiary/aromatic N) is 2. The number of hydrogen-bond donors (Lipinski definition) is 1. The SMILES string of the molecule is N#Cc1c(NC(=O)c2cccs2)cn2ccccc12. The van der Waals surface area contributed by atoms with Gasteiger partial charge >= 0.3 is 0 Å².